The lowest BCUT2D eigenvalue weighted by Crippen LogP contribution is -2.37. The third kappa shape index (κ3) is 3.85. The minimum absolute atomic E-state index is 0.222. The first-order valence-corrected chi connectivity index (χ1v) is 8.27. The van der Waals surface area contributed by atoms with E-state index in [2.05, 4.69) is 12.2 Å². The molecule has 0 saturated heterocycles. The zero-order chi connectivity index (χ0) is 17.1. The molecule has 0 spiro atoms. The highest BCUT2D eigenvalue weighted by Gasteiger charge is 2.36. The Morgan fingerprint density at radius 3 is 2.58 bits per heavy atom. The van der Waals surface area contributed by atoms with Crippen LogP contribution in [0.2, 0.25) is 0 Å². The van der Waals surface area contributed by atoms with Crippen LogP contribution in [0.25, 0.3) is 0 Å². The first-order chi connectivity index (χ1) is 11.5. The summed E-state index contributed by atoms with van der Waals surface area (Å²) in [6.07, 6.45) is 1.93. The smallest absolute Gasteiger partial charge is 0.244 e. The van der Waals surface area contributed by atoms with E-state index in [4.69, 9.17) is 10.2 Å². The molecule has 0 aliphatic heterocycles. The van der Waals surface area contributed by atoms with Crippen molar-refractivity contribution in [1.82, 2.24) is 5.32 Å². The summed E-state index contributed by atoms with van der Waals surface area (Å²) in [5.74, 6) is 2.24. The number of amides is 2. The molecule has 0 radical (unpaired) electrons. The largest absolute Gasteiger partial charge is 0.466 e. The first-order valence-electron chi connectivity index (χ1n) is 8.27. The molecule has 2 aromatic rings. The minimum Gasteiger partial charge on any atom is -0.466 e. The molecule has 1 aromatic carbocycles. The van der Waals surface area contributed by atoms with E-state index >= 15 is 0 Å². The zero-order valence-electron chi connectivity index (χ0n) is 13.7. The van der Waals surface area contributed by atoms with E-state index in [0.29, 0.717) is 23.8 Å². The molecule has 24 heavy (non-hydrogen) atoms. The van der Waals surface area contributed by atoms with Gasteiger partial charge in [-0.25, -0.2) is 0 Å². The maximum atomic E-state index is 12.1. The summed E-state index contributed by atoms with van der Waals surface area (Å²) in [7, 11) is 0. The van der Waals surface area contributed by atoms with E-state index in [9.17, 15) is 9.59 Å². The predicted molar refractivity (Wildman–Crippen MR) is 90.1 cm³/mol. The molecule has 1 aliphatic carbocycles. The molecule has 0 bridgehead atoms. The molecule has 3 N–H and O–H groups in total. The van der Waals surface area contributed by atoms with Crippen LogP contribution in [0, 0.1) is 5.92 Å². The second-order valence-electron chi connectivity index (χ2n) is 6.44. The third-order valence-electron chi connectivity index (χ3n) is 4.48. The van der Waals surface area contributed by atoms with Crippen LogP contribution in [0.5, 0.6) is 0 Å². The normalized spacial score (nSPS) is 20.4. The lowest BCUT2D eigenvalue weighted by molar-refractivity contribution is -0.127. The van der Waals surface area contributed by atoms with Gasteiger partial charge in [0.1, 0.15) is 17.6 Å². The number of carbonyl (C=O) groups is 2. The topological polar surface area (TPSA) is 85.3 Å². The highest BCUT2D eigenvalue weighted by Crippen LogP contribution is 2.47. The molecule has 1 heterocycles. The van der Waals surface area contributed by atoms with E-state index in [0.717, 1.165) is 11.5 Å². The van der Waals surface area contributed by atoms with Crippen LogP contribution in [0.3, 0.4) is 0 Å². The first kappa shape index (κ1) is 16.3. The quantitative estimate of drug-likeness (QED) is 0.820. The van der Waals surface area contributed by atoms with Gasteiger partial charge in [-0.2, -0.15) is 0 Å². The summed E-state index contributed by atoms with van der Waals surface area (Å²) in [5, 5.41) is 2.70. The molecule has 1 aromatic heterocycles. The lowest BCUT2D eigenvalue weighted by atomic mass is 10.1. The van der Waals surface area contributed by atoms with Gasteiger partial charge in [0.2, 0.25) is 11.8 Å². The molecule has 3 atom stereocenters. The Morgan fingerprint density at radius 2 is 1.96 bits per heavy atom. The van der Waals surface area contributed by atoms with Crippen molar-refractivity contribution in [3.63, 3.8) is 0 Å². The van der Waals surface area contributed by atoms with E-state index in [1.165, 1.54) is 6.42 Å². The van der Waals surface area contributed by atoms with Gasteiger partial charge >= 0.3 is 0 Å². The maximum absolute atomic E-state index is 12.1. The van der Waals surface area contributed by atoms with Crippen molar-refractivity contribution in [1.29, 1.82) is 0 Å². The van der Waals surface area contributed by atoms with Gasteiger partial charge in [0, 0.05) is 18.8 Å². The highest BCUT2D eigenvalue weighted by molar-refractivity contribution is 5.87. The van der Waals surface area contributed by atoms with Crippen LogP contribution >= 0.6 is 0 Å². The average molecular weight is 326 g/mol. The number of primary amides is 1. The average Bonchev–Trinajstić information content (AvgIpc) is 3.11. The second-order valence-corrected chi connectivity index (χ2v) is 6.44. The van der Waals surface area contributed by atoms with E-state index in [1.807, 2.05) is 18.2 Å². The highest BCUT2D eigenvalue weighted by atomic mass is 16.3. The number of nitrogens with two attached hydrogens (primary N) is 1. The van der Waals surface area contributed by atoms with Crippen LogP contribution in [-0.2, 0) is 16.0 Å². The Hall–Kier alpha value is -2.56. The summed E-state index contributed by atoms with van der Waals surface area (Å²) in [6.45, 7) is 2.20. The summed E-state index contributed by atoms with van der Waals surface area (Å²) >= 11 is 0. The number of rotatable bonds is 7. The van der Waals surface area contributed by atoms with Crippen molar-refractivity contribution in [2.45, 2.75) is 38.1 Å². The second kappa shape index (κ2) is 6.91. The van der Waals surface area contributed by atoms with Crippen LogP contribution in [0.1, 0.15) is 48.8 Å². The fourth-order valence-corrected chi connectivity index (χ4v) is 2.88. The van der Waals surface area contributed by atoms with Gasteiger partial charge in [-0.05, 0) is 30.0 Å². The summed E-state index contributed by atoms with van der Waals surface area (Å²) in [4.78, 5) is 23.8. The number of nitrogens with one attached hydrogen (secondary N) is 1. The van der Waals surface area contributed by atoms with Gasteiger partial charge in [0.25, 0.3) is 0 Å². The van der Waals surface area contributed by atoms with Crippen molar-refractivity contribution in [3.05, 3.63) is 59.5 Å². The fourth-order valence-electron chi connectivity index (χ4n) is 2.88. The molecule has 126 valence electrons. The number of hydrogen-bond donors (Lipinski definition) is 2. The monoisotopic (exact) mass is 326 g/mol. The van der Waals surface area contributed by atoms with Crippen LogP contribution in [-0.4, -0.2) is 11.8 Å². The van der Waals surface area contributed by atoms with Crippen molar-refractivity contribution >= 4 is 11.8 Å². The maximum Gasteiger partial charge on any atom is 0.244 e. The van der Waals surface area contributed by atoms with Gasteiger partial charge < -0.3 is 15.5 Å². The van der Waals surface area contributed by atoms with E-state index < -0.39 is 11.9 Å². The molecule has 0 unspecified atom stereocenters. The molecule has 1 aliphatic rings. The van der Waals surface area contributed by atoms with Crippen molar-refractivity contribution < 1.29 is 14.0 Å². The number of benzene rings is 1. The lowest BCUT2D eigenvalue weighted by Gasteiger charge is -2.15. The van der Waals surface area contributed by atoms with Gasteiger partial charge in [-0.3, -0.25) is 9.59 Å². The Bertz CT molecular complexity index is 723. The Morgan fingerprint density at radius 1 is 1.25 bits per heavy atom. The molecule has 1 saturated carbocycles. The SMILES string of the molecule is C[C@@H]1C[C@@H]1c1ccc(CCC(=O)N[C@H](C(N)=O)c2ccccc2)o1. The molecular weight excluding hydrogens is 304 g/mol. The summed E-state index contributed by atoms with van der Waals surface area (Å²) in [5.41, 5.74) is 6.09. The zero-order valence-corrected chi connectivity index (χ0v) is 13.7. The molecule has 1 fully saturated rings. The van der Waals surface area contributed by atoms with Crippen LogP contribution in [0.4, 0.5) is 0 Å². The molecule has 5 nitrogen and oxygen atoms in total. The number of furan rings is 1. The van der Waals surface area contributed by atoms with Crippen molar-refractivity contribution in [2.75, 3.05) is 0 Å². The number of aryl methyl sites for hydroxylation is 1. The van der Waals surface area contributed by atoms with Gasteiger partial charge in [0.15, 0.2) is 0 Å². The fraction of sp³-hybridized carbons (Fsp3) is 0.368. The van der Waals surface area contributed by atoms with Crippen molar-refractivity contribution in [3.8, 4) is 0 Å². The molecule has 5 heteroatoms. The van der Waals surface area contributed by atoms with Gasteiger partial charge in [0.05, 0.1) is 0 Å². The van der Waals surface area contributed by atoms with Gasteiger partial charge in [-0.1, -0.05) is 37.3 Å². The summed E-state index contributed by atoms with van der Waals surface area (Å²) < 4.78 is 5.79. The van der Waals surface area contributed by atoms with Crippen molar-refractivity contribution in [2.24, 2.45) is 11.7 Å². The molecule has 3 rings (SSSR count). The van der Waals surface area contributed by atoms with E-state index in [1.54, 1.807) is 24.3 Å². The van der Waals surface area contributed by atoms with Gasteiger partial charge in [-0.15, -0.1) is 0 Å². The van der Waals surface area contributed by atoms with Crippen LogP contribution < -0.4 is 11.1 Å². The predicted octanol–water partition coefficient (Wildman–Crippen LogP) is 2.68. The molecular formula is C19H22N2O3. The number of carbonyl (C=O) groups excluding carboxylic acids is 2. The number of hydrogen-bond acceptors (Lipinski definition) is 3. The van der Waals surface area contributed by atoms with Crippen LogP contribution in [0.15, 0.2) is 46.9 Å². The Kier molecular flexibility index (Phi) is 4.69. The van der Waals surface area contributed by atoms with E-state index in [-0.39, 0.29) is 12.3 Å². The Labute approximate surface area is 141 Å². The summed E-state index contributed by atoms with van der Waals surface area (Å²) in [6, 6.07) is 12.1. The molecule has 2 amide bonds. The Balaban J connectivity index is 1.54. The standard InChI is InChI=1S/C19H22N2O3/c1-12-11-15(12)16-9-7-14(24-16)8-10-17(22)21-18(19(20)23)13-5-3-2-4-6-13/h2-7,9,12,15,18H,8,10-11H2,1H3,(H2,20,23)(H,21,22)/t12-,15+,18+/m1/s1. The third-order valence-corrected chi connectivity index (χ3v) is 4.48. The minimum atomic E-state index is -0.807.